The first-order chi connectivity index (χ1) is 12.8. The van der Waals surface area contributed by atoms with E-state index in [1.54, 1.807) is 31.2 Å². The van der Waals surface area contributed by atoms with E-state index in [4.69, 9.17) is 0 Å². The maximum atomic E-state index is 13.6. The maximum Gasteiger partial charge on any atom is 0.264 e. The fraction of sp³-hybridized carbons (Fsp3) is 0.143. The van der Waals surface area contributed by atoms with Gasteiger partial charge in [-0.25, -0.2) is 17.2 Å². The molecule has 0 radical (unpaired) electrons. The van der Waals surface area contributed by atoms with Crippen LogP contribution < -0.4 is 4.31 Å². The van der Waals surface area contributed by atoms with Crippen LogP contribution in [-0.4, -0.2) is 8.42 Å². The third kappa shape index (κ3) is 4.17. The van der Waals surface area contributed by atoms with E-state index in [-0.39, 0.29) is 11.4 Å². The van der Waals surface area contributed by atoms with Gasteiger partial charge in [0.2, 0.25) is 0 Å². The molecule has 0 N–H and O–H groups in total. The van der Waals surface area contributed by atoms with Crippen molar-refractivity contribution in [2.75, 3.05) is 4.31 Å². The van der Waals surface area contributed by atoms with Crippen molar-refractivity contribution in [3.8, 4) is 0 Å². The summed E-state index contributed by atoms with van der Waals surface area (Å²) < 4.78 is 55.0. The molecule has 0 aromatic heterocycles. The molecule has 3 nitrogen and oxygen atoms in total. The number of halogens is 2. The minimum atomic E-state index is -3.99. The zero-order valence-electron chi connectivity index (χ0n) is 15.0. The first-order valence-corrected chi connectivity index (χ1v) is 9.81. The second-order valence-corrected chi connectivity index (χ2v) is 8.22. The molecule has 0 saturated heterocycles. The normalized spacial score (nSPS) is 11.4. The number of benzene rings is 3. The fourth-order valence-electron chi connectivity index (χ4n) is 2.92. The number of hydrogen-bond acceptors (Lipinski definition) is 2. The lowest BCUT2D eigenvalue weighted by Crippen LogP contribution is -2.31. The van der Waals surface area contributed by atoms with Crippen LogP contribution in [0.5, 0.6) is 0 Å². The van der Waals surface area contributed by atoms with Crippen molar-refractivity contribution < 1.29 is 17.2 Å². The number of rotatable bonds is 5. The number of nitrogens with zero attached hydrogens (tertiary/aromatic N) is 1. The summed E-state index contributed by atoms with van der Waals surface area (Å²) in [4.78, 5) is 0.0156. The highest BCUT2D eigenvalue weighted by Crippen LogP contribution is 2.28. The predicted molar refractivity (Wildman–Crippen MR) is 102 cm³/mol. The van der Waals surface area contributed by atoms with Crippen molar-refractivity contribution in [2.24, 2.45) is 0 Å². The Kier molecular flexibility index (Phi) is 5.28. The van der Waals surface area contributed by atoms with Gasteiger partial charge >= 0.3 is 0 Å². The second kappa shape index (κ2) is 7.48. The Bertz CT molecular complexity index is 1080. The van der Waals surface area contributed by atoms with Crippen molar-refractivity contribution in [1.82, 2.24) is 0 Å². The molecule has 0 aliphatic rings. The average Bonchev–Trinajstić information content (AvgIpc) is 2.59. The summed E-state index contributed by atoms with van der Waals surface area (Å²) in [5.41, 5.74) is 2.18. The Morgan fingerprint density at radius 3 is 2.22 bits per heavy atom. The Balaban J connectivity index is 2.13. The zero-order chi connectivity index (χ0) is 19.6. The molecule has 3 aromatic carbocycles. The van der Waals surface area contributed by atoms with Crippen LogP contribution in [0.3, 0.4) is 0 Å². The van der Waals surface area contributed by atoms with Crippen molar-refractivity contribution in [3.05, 3.63) is 95.1 Å². The largest absolute Gasteiger partial charge is 0.264 e. The number of hydrogen-bond donors (Lipinski definition) is 0. The minimum Gasteiger partial charge on any atom is -0.262 e. The van der Waals surface area contributed by atoms with Gasteiger partial charge in [0.1, 0.15) is 11.6 Å². The van der Waals surface area contributed by atoms with Crippen LogP contribution in [0.2, 0.25) is 0 Å². The summed E-state index contributed by atoms with van der Waals surface area (Å²) in [6, 6.07) is 16.4. The van der Waals surface area contributed by atoms with Gasteiger partial charge in [-0.15, -0.1) is 0 Å². The lowest BCUT2D eigenvalue weighted by atomic mass is 10.2. The van der Waals surface area contributed by atoms with Crippen LogP contribution in [-0.2, 0) is 16.6 Å². The van der Waals surface area contributed by atoms with Gasteiger partial charge in [-0.2, -0.15) is 0 Å². The van der Waals surface area contributed by atoms with Gasteiger partial charge in [-0.05, 0) is 73.0 Å². The molecular formula is C21H19F2NO2S. The van der Waals surface area contributed by atoms with Gasteiger partial charge in [0.05, 0.1) is 17.1 Å². The van der Waals surface area contributed by atoms with E-state index in [0.717, 1.165) is 11.6 Å². The van der Waals surface area contributed by atoms with Gasteiger partial charge in [0.15, 0.2) is 0 Å². The molecule has 27 heavy (non-hydrogen) atoms. The third-order valence-corrected chi connectivity index (χ3v) is 6.14. The van der Waals surface area contributed by atoms with E-state index in [9.17, 15) is 17.2 Å². The molecule has 0 unspecified atom stereocenters. The first-order valence-electron chi connectivity index (χ1n) is 8.37. The highest BCUT2D eigenvalue weighted by molar-refractivity contribution is 7.92. The van der Waals surface area contributed by atoms with Crippen LogP contribution >= 0.6 is 0 Å². The Hall–Kier alpha value is -2.73. The van der Waals surface area contributed by atoms with E-state index >= 15 is 0 Å². The lowest BCUT2D eigenvalue weighted by molar-refractivity contribution is 0.587. The highest BCUT2D eigenvalue weighted by Gasteiger charge is 2.27. The smallest absolute Gasteiger partial charge is 0.262 e. The summed E-state index contributed by atoms with van der Waals surface area (Å²) in [6.45, 7) is 3.37. The molecular weight excluding hydrogens is 368 g/mol. The van der Waals surface area contributed by atoms with Gasteiger partial charge in [0.25, 0.3) is 10.0 Å². The third-order valence-electron chi connectivity index (χ3n) is 4.21. The first kappa shape index (κ1) is 19.0. The quantitative estimate of drug-likeness (QED) is 0.619. The molecule has 3 rings (SSSR count). The van der Waals surface area contributed by atoms with Crippen molar-refractivity contribution in [3.63, 3.8) is 0 Å². The van der Waals surface area contributed by atoms with Gasteiger partial charge in [0, 0.05) is 0 Å². The Labute approximate surface area is 157 Å². The lowest BCUT2D eigenvalue weighted by Gasteiger charge is -2.26. The molecule has 0 saturated carbocycles. The molecule has 0 heterocycles. The Morgan fingerprint density at radius 2 is 1.56 bits per heavy atom. The van der Waals surface area contributed by atoms with Crippen molar-refractivity contribution in [1.29, 1.82) is 0 Å². The molecule has 3 aromatic rings. The number of anilines is 1. The average molecular weight is 387 g/mol. The van der Waals surface area contributed by atoms with Crippen LogP contribution in [0.1, 0.15) is 16.7 Å². The second-order valence-electron chi connectivity index (χ2n) is 6.39. The Morgan fingerprint density at radius 1 is 0.852 bits per heavy atom. The highest BCUT2D eigenvalue weighted by atomic mass is 32.2. The maximum absolute atomic E-state index is 13.6. The number of sulfonamides is 1. The number of aryl methyl sites for hydroxylation is 2. The van der Waals surface area contributed by atoms with Gasteiger partial charge in [-0.1, -0.05) is 24.3 Å². The van der Waals surface area contributed by atoms with Crippen LogP contribution in [0.25, 0.3) is 0 Å². The monoisotopic (exact) mass is 387 g/mol. The molecule has 0 fully saturated rings. The molecule has 0 atom stereocenters. The van der Waals surface area contributed by atoms with E-state index in [2.05, 4.69) is 0 Å². The summed E-state index contributed by atoms with van der Waals surface area (Å²) in [7, 11) is -3.99. The zero-order valence-corrected chi connectivity index (χ0v) is 15.8. The molecule has 0 amide bonds. The van der Waals surface area contributed by atoms with E-state index in [0.29, 0.717) is 16.8 Å². The molecule has 0 spiro atoms. The standard InChI is InChI=1S/C21H19F2NO2S/c1-15-5-3-8-20(11-15)24(14-17-6-4-7-18(22)13-17)27(25,26)21-10-9-19(23)12-16(21)2/h3-13H,14H2,1-2H3. The van der Waals surface area contributed by atoms with E-state index in [1.165, 1.54) is 34.6 Å². The van der Waals surface area contributed by atoms with Gasteiger partial charge < -0.3 is 0 Å². The van der Waals surface area contributed by atoms with Crippen LogP contribution in [0.4, 0.5) is 14.5 Å². The molecule has 140 valence electrons. The molecule has 0 bridgehead atoms. The topological polar surface area (TPSA) is 37.4 Å². The molecule has 0 aliphatic carbocycles. The van der Waals surface area contributed by atoms with Gasteiger partial charge in [-0.3, -0.25) is 4.31 Å². The SMILES string of the molecule is Cc1cccc(N(Cc2cccc(F)c2)S(=O)(=O)c2ccc(F)cc2C)c1. The summed E-state index contributed by atoms with van der Waals surface area (Å²) in [5.74, 6) is -0.939. The van der Waals surface area contributed by atoms with E-state index in [1.807, 2.05) is 13.0 Å². The molecule has 0 aliphatic heterocycles. The summed E-state index contributed by atoms with van der Waals surface area (Å²) in [6.07, 6.45) is 0. The van der Waals surface area contributed by atoms with Crippen LogP contribution in [0, 0.1) is 25.5 Å². The predicted octanol–water partition coefficient (Wildman–Crippen LogP) is 4.98. The summed E-state index contributed by atoms with van der Waals surface area (Å²) in [5, 5.41) is 0. The minimum absolute atomic E-state index is 0.0156. The van der Waals surface area contributed by atoms with Crippen molar-refractivity contribution in [2.45, 2.75) is 25.3 Å². The van der Waals surface area contributed by atoms with Crippen molar-refractivity contribution >= 4 is 15.7 Å². The summed E-state index contributed by atoms with van der Waals surface area (Å²) >= 11 is 0. The fourth-order valence-corrected chi connectivity index (χ4v) is 4.57. The molecule has 6 heteroatoms. The van der Waals surface area contributed by atoms with Crippen LogP contribution in [0.15, 0.2) is 71.6 Å². The van der Waals surface area contributed by atoms with E-state index < -0.39 is 21.7 Å².